The largest absolute Gasteiger partial charge is 0.497 e. The number of anilines is 1. The fourth-order valence-electron chi connectivity index (χ4n) is 3.93. The molecule has 1 amide bonds. The lowest BCUT2D eigenvalue weighted by molar-refractivity contribution is -0.117. The molecule has 3 aromatic rings. The Morgan fingerprint density at radius 2 is 1.84 bits per heavy atom. The molecule has 0 aliphatic carbocycles. The number of ether oxygens (including phenoxy) is 1. The average molecular weight is 455 g/mol. The van der Waals surface area contributed by atoms with Crippen LogP contribution in [0.4, 0.5) is 5.13 Å². The van der Waals surface area contributed by atoms with Crippen molar-refractivity contribution in [3.8, 4) is 5.75 Å². The standard InChI is InChI=1S/C24H30N4O3S/c1-31-20-10-7-18(8-11-20)6-9-19(29)16-27-12-14-28(15-13-27)17-23(30)26-24-25-21-4-2-3-5-22(21)32-24/h2-5,7-8,10-11,19,29H,6,9,12-17H2,1H3,(H,25,26,30). The number of hydrogen-bond acceptors (Lipinski definition) is 7. The van der Waals surface area contributed by atoms with E-state index in [9.17, 15) is 9.90 Å². The Morgan fingerprint density at radius 3 is 2.56 bits per heavy atom. The number of aliphatic hydroxyl groups is 1. The van der Waals surface area contributed by atoms with Gasteiger partial charge in [0, 0.05) is 32.7 Å². The summed E-state index contributed by atoms with van der Waals surface area (Å²) in [5.41, 5.74) is 2.11. The van der Waals surface area contributed by atoms with Crippen LogP contribution in [0, 0.1) is 0 Å². The number of aryl methyl sites for hydroxylation is 1. The molecule has 0 spiro atoms. The van der Waals surface area contributed by atoms with Crippen molar-refractivity contribution < 1.29 is 14.6 Å². The highest BCUT2D eigenvalue weighted by atomic mass is 32.1. The zero-order chi connectivity index (χ0) is 22.3. The van der Waals surface area contributed by atoms with Gasteiger partial charge in [-0.05, 0) is 42.7 Å². The molecule has 1 saturated heterocycles. The van der Waals surface area contributed by atoms with Crippen LogP contribution in [0.5, 0.6) is 5.75 Å². The number of rotatable bonds is 9. The van der Waals surface area contributed by atoms with Crippen LogP contribution in [0.15, 0.2) is 48.5 Å². The van der Waals surface area contributed by atoms with Gasteiger partial charge >= 0.3 is 0 Å². The molecule has 2 aromatic carbocycles. The summed E-state index contributed by atoms with van der Waals surface area (Å²) in [4.78, 5) is 21.3. The number of aliphatic hydroxyl groups excluding tert-OH is 1. The van der Waals surface area contributed by atoms with Crippen LogP contribution in [0.1, 0.15) is 12.0 Å². The van der Waals surface area contributed by atoms with E-state index in [0.29, 0.717) is 18.2 Å². The number of carbonyl (C=O) groups is 1. The van der Waals surface area contributed by atoms with Crippen LogP contribution in [0.2, 0.25) is 0 Å². The molecule has 0 saturated carbocycles. The van der Waals surface area contributed by atoms with Gasteiger partial charge in [0.1, 0.15) is 5.75 Å². The normalized spacial score (nSPS) is 16.2. The van der Waals surface area contributed by atoms with Gasteiger partial charge in [0.2, 0.25) is 5.91 Å². The third kappa shape index (κ3) is 6.26. The van der Waals surface area contributed by atoms with Crippen molar-refractivity contribution in [2.75, 3.05) is 51.7 Å². The molecule has 0 radical (unpaired) electrons. The van der Waals surface area contributed by atoms with Gasteiger partial charge in [-0.3, -0.25) is 14.6 Å². The molecule has 32 heavy (non-hydrogen) atoms. The number of amides is 1. The van der Waals surface area contributed by atoms with Gasteiger partial charge < -0.3 is 15.2 Å². The van der Waals surface area contributed by atoms with E-state index >= 15 is 0 Å². The van der Waals surface area contributed by atoms with E-state index in [-0.39, 0.29) is 12.0 Å². The number of aromatic nitrogens is 1. The summed E-state index contributed by atoms with van der Waals surface area (Å²) in [6.07, 6.45) is 1.22. The predicted octanol–water partition coefficient (Wildman–Crippen LogP) is 2.85. The summed E-state index contributed by atoms with van der Waals surface area (Å²) < 4.78 is 6.25. The number of nitrogens with zero attached hydrogens (tertiary/aromatic N) is 3. The topological polar surface area (TPSA) is 77.9 Å². The summed E-state index contributed by atoms with van der Waals surface area (Å²) in [5.74, 6) is 0.818. The number of para-hydroxylation sites is 1. The molecule has 1 fully saturated rings. The first-order chi connectivity index (χ1) is 15.6. The summed E-state index contributed by atoms with van der Waals surface area (Å²) in [6.45, 7) is 4.38. The molecule has 1 unspecified atom stereocenters. The SMILES string of the molecule is COc1ccc(CCC(O)CN2CCN(CC(=O)Nc3nc4ccccc4s3)CC2)cc1. The number of carbonyl (C=O) groups excluding carboxylic acids is 1. The molecule has 2 heterocycles. The Morgan fingerprint density at radius 1 is 1.12 bits per heavy atom. The quantitative estimate of drug-likeness (QED) is 0.518. The van der Waals surface area contributed by atoms with Gasteiger partial charge in [0.25, 0.3) is 0 Å². The van der Waals surface area contributed by atoms with Crippen molar-refractivity contribution in [1.82, 2.24) is 14.8 Å². The monoisotopic (exact) mass is 454 g/mol. The smallest absolute Gasteiger partial charge is 0.240 e. The molecule has 2 N–H and O–H groups in total. The van der Waals surface area contributed by atoms with Crippen molar-refractivity contribution in [2.24, 2.45) is 0 Å². The maximum absolute atomic E-state index is 12.4. The number of hydrogen-bond donors (Lipinski definition) is 2. The molecule has 8 heteroatoms. The van der Waals surface area contributed by atoms with Crippen LogP contribution < -0.4 is 10.1 Å². The molecule has 7 nitrogen and oxygen atoms in total. The minimum Gasteiger partial charge on any atom is -0.497 e. The minimum absolute atomic E-state index is 0.0305. The number of benzene rings is 2. The van der Waals surface area contributed by atoms with E-state index in [1.807, 2.05) is 48.5 Å². The molecule has 4 rings (SSSR count). The summed E-state index contributed by atoms with van der Waals surface area (Å²) in [7, 11) is 1.66. The second-order valence-electron chi connectivity index (χ2n) is 8.15. The van der Waals surface area contributed by atoms with Crippen LogP contribution in [0.25, 0.3) is 10.2 Å². The summed E-state index contributed by atoms with van der Waals surface area (Å²) >= 11 is 1.50. The average Bonchev–Trinajstić information content (AvgIpc) is 3.21. The molecule has 1 aliphatic rings. The van der Waals surface area contributed by atoms with Crippen LogP contribution >= 0.6 is 11.3 Å². The van der Waals surface area contributed by atoms with Crippen molar-refractivity contribution >= 4 is 32.6 Å². The van der Waals surface area contributed by atoms with Crippen molar-refractivity contribution in [3.63, 3.8) is 0 Å². The number of fused-ring (bicyclic) bond motifs is 1. The number of thiazole rings is 1. The minimum atomic E-state index is -0.356. The van der Waals surface area contributed by atoms with Gasteiger partial charge in [-0.2, -0.15) is 0 Å². The Balaban J connectivity index is 1.15. The first-order valence-corrected chi connectivity index (χ1v) is 11.8. The van der Waals surface area contributed by atoms with Gasteiger partial charge in [-0.1, -0.05) is 35.6 Å². The first-order valence-electron chi connectivity index (χ1n) is 11.0. The lowest BCUT2D eigenvalue weighted by Crippen LogP contribution is -2.50. The zero-order valence-electron chi connectivity index (χ0n) is 18.4. The van der Waals surface area contributed by atoms with Gasteiger partial charge in [-0.15, -0.1) is 0 Å². The van der Waals surface area contributed by atoms with Crippen LogP contribution in [-0.4, -0.2) is 78.3 Å². The third-order valence-electron chi connectivity index (χ3n) is 5.77. The van der Waals surface area contributed by atoms with E-state index in [1.165, 1.54) is 16.9 Å². The van der Waals surface area contributed by atoms with Crippen LogP contribution in [0.3, 0.4) is 0 Å². The van der Waals surface area contributed by atoms with Crippen molar-refractivity contribution in [1.29, 1.82) is 0 Å². The highest BCUT2D eigenvalue weighted by Gasteiger charge is 2.21. The molecule has 170 valence electrons. The molecule has 1 aliphatic heterocycles. The maximum atomic E-state index is 12.4. The van der Waals surface area contributed by atoms with Gasteiger partial charge in [-0.25, -0.2) is 4.98 Å². The molecular weight excluding hydrogens is 424 g/mol. The van der Waals surface area contributed by atoms with Gasteiger partial charge in [0.05, 0.1) is 30.0 Å². The second-order valence-corrected chi connectivity index (χ2v) is 9.18. The Kier molecular flexibility index (Phi) is 7.70. The van der Waals surface area contributed by atoms with E-state index in [0.717, 1.165) is 55.0 Å². The maximum Gasteiger partial charge on any atom is 0.240 e. The summed E-state index contributed by atoms with van der Waals surface area (Å²) in [6, 6.07) is 15.9. The molecule has 1 aromatic heterocycles. The third-order valence-corrected chi connectivity index (χ3v) is 6.72. The number of nitrogens with one attached hydrogen (secondary N) is 1. The summed E-state index contributed by atoms with van der Waals surface area (Å²) in [5, 5.41) is 14.0. The second kappa shape index (κ2) is 10.9. The zero-order valence-corrected chi connectivity index (χ0v) is 19.2. The lowest BCUT2D eigenvalue weighted by atomic mass is 10.1. The number of methoxy groups -OCH3 is 1. The molecule has 0 bridgehead atoms. The fourth-order valence-corrected chi connectivity index (χ4v) is 4.81. The van der Waals surface area contributed by atoms with Crippen molar-refractivity contribution in [3.05, 3.63) is 54.1 Å². The Labute approximate surface area is 192 Å². The van der Waals surface area contributed by atoms with E-state index in [2.05, 4.69) is 20.1 Å². The Bertz CT molecular complexity index is 983. The van der Waals surface area contributed by atoms with E-state index < -0.39 is 0 Å². The highest BCUT2D eigenvalue weighted by Crippen LogP contribution is 2.25. The first kappa shape index (κ1) is 22.7. The number of β-amino-alcohol motifs (C(OH)–C–C–N with tert-alkyl or cyclic N) is 1. The highest BCUT2D eigenvalue weighted by molar-refractivity contribution is 7.22. The molecular formula is C24H30N4O3S. The Hall–Kier alpha value is -2.52. The van der Waals surface area contributed by atoms with E-state index in [4.69, 9.17) is 4.74 Å². The lowest BCUT2D eigenvalue weighted by Gasteiger charge is -2.35. The fraction of sp³-hybridized carbons (Fsp3) is 0.417. The van der Waals surface area contributed by atoms with Crippen molar-refractivity contribution in [2.45, 2.75) is 18.9 Å². The predicted molar refractivity (Wildman–Crippen MR) is 128 cm³/mol. The number of piperazine rings is 1. The van der Waals surface area contributed by atoms with E-state index in [1.54, 1.807) is 7.11 Å². The molecule has 1 atom stereocenters. The van der Waals surface area contributed by atoms with Gasteiger partial charge in [0.15, 0.2) is 5.13 Å². The van der Waals surface area contributed by atoms with Crippen LogP contribution in [-0.2, 0) is 11.2 Å².